The molecule has 0 spiro atoms. The highest BCUT2D eigenvalue weighted by atomic mass is 16.5. The number of nitrogens with zero attached hydrogens (tertiary/aromatic N) is 5. The van der Waals surface area contributed by atoms with Crippen LogP contribution in [0, 0.1) is 6.92 Å². The Morgan fingerprint density at radius 1 is 1.38 bits per heavy atom. The third kappa shape index (κ3) is 4.39. The van der Waals surface area contributed by atoms with Gasteiger partial charge in [-0.1, -0.05) is 18.1 Å². The van der Waals surface area contributed by atoms with Gasteiger partial charge in [-0.2, -0.15) is 4.98 Å². The van der Waals surface area contributed by atoms with Crippen LogP contribution in [0.15, 0.2) is 22.7 Å². The van der Waals surface area contributed by atoms with Gasteiger partial charge in [-0.05, 0) is 31.9 Å². The van der Waals surface area contributed by atoms with Crippen LogP contribution in [0.4, 0.5) is 5.82 Å². The van der Waals surface area contributed by atoms with Crippen molar-refractivity contribution in [2.24, 2.45) is 0 Å². The maximum Gasteiger partial charge on any atom is 0.227 e. The molecular weight excluding hydrogens is 330 g/mol. The van der Waals surface area contributed by atoms with Gasteiger partial charge < -0.3 is 14.3 Å². The summed E-state index contributed by atoms with van der Waals surface area (Å²) in [6.07, 6.45) is 3.70. The third-order valence-electron chi connectivity index (χ3n) is 4.91. The van der Waals surface area contributed by atoms with Gasteiger partial charge in [0.05, 0.1) is 0 Å². The highest BCUT2D eigenvalue weighted by Crippen LogP contribution is 2.21. The maximum absolute atomic E-state index is 12.6. The van der Waals surface area contributed by atoms with Crippen LogP contribution in [-0.2, 0) is 17.6 Å². The van der Waals surface area contributed by atoms with Crippen molar-refractivity contribution >= 4 is 11.7 Å². The molecule has 140 valence electrons. The van der Waals surface area contributed by atoms with Gasteiger partial charge >= 0.3 is 0 Å². The fraction of sp³-hybridized carbons (Fsp3) is 0.579. The second-order valence-corrected chi connectivity index (χ2v) is 6.84. The van der Waals surface area contributed by atoms with Crippen LogP contribution < -0.4 is 4.90 Å². The SMILES string of the molecule is CCc1noc(CCC(=O)N(C)[C@@H]2CCCN(c3cccc(C)n3)C2)n1. The summed E-state index contributed by atoms with van der Waals surface area (Å²) in [5, 5.41) is 3.87. The predicted octanol–water partition coefficient (Wildman–Crippen LogP) is 2.40. The highest BCUT2D eigenvalue weighted by molar-refractivity contribution is 5.76. The molecule has 1 fully saturated rings. The van der Waals surface area contributed by atoms with Gasteiger partial charge in [0.15, 0.2) is 5.82 Å². The van der Waals surface area contributed by atoms with Crippen molar-refractivity contribution in [2.45, 2.75) is 52.0 Å². The summed E-state index contributed by atoms with van der Waals surface area (Å²) in [5.74, 6) is 2.34. The van der Waals surface area contributed by atoms with Crippen LogP contribution in [0.5, 0.6) is 0 Å². The molecule has 2 aromatic heterocycles. The number of anilines is 1. The lowest BCUT2D eigenvalue weighted by atomic mass is 10.0. The lowest BCUT2D eigenvalue weighted by Gasteiger charge is -2.38. The first kappa shape index (κ1) is 18.4. The first-order valence-corrected chi connectivity index (χ1v) is 9.32. The number of rotatable bonds is 6. The molecule has 2 aromatic rings. The van der Waals surface area contributed by atoms with Gasteiger partial charge in [0.1, 0.15) is 5.82 Å². The number of amides is 1. The Labute approximate surface area is 154 Å². The van der Waals surface area contributed by atoms with Crippen LogP contribution >= 0.6 is 0 Å². The van der Waals surface area contributed by atoms with Gasteiger partial charge in [0.2, 0.25) is 11.8 Å². The van der Waals surface area contributed by atoms with Crippen molar-refractivity contribution in [3.63, 3.8) is 0 Å². The molecule has 1 saturated heterocycles. The average Bonchev–Trinajstić information content (AvgIpc) is 3.14. The van der Waals surface area contributed by atoms with E-state index >= 15 is 0 Å². The number of hydrogen-bond donors (Lipinski definition) is 0. The Morgan fingerprint density at radius 2 is 2.23 bits per heavy atom. The second-order valence-electron chi connectivity index (χ2n) is 6.84. The number of aryl methyl sites for hydroxylation is 3. The molecule has 1 aliphatic heterocycles. The lowest BCUT2D eigenvalue weighted by Crippen LogP contribution is -2.49. The van der Waals surface area contributed by atoms with Crippen molar-refractivity contribution in [3.8, 4) is 0 Å². The van der Waals surface area contributed by atoms with E-state index in [2.05, 4.69) is 20.0 Å². The zero-order valence-electron chi connectivity index (χ0n) is 15.8. The van der Waals surface area contributed by atoms with Crippen molar-refractivity contribution in [2.75, 3.05) is 25.0 Å². The summed E-state index contributed by atoms with van der Waals surface area (Å²) >= 11 is 0. The summed E-state index contributed by atoms with van der Waals surface area (Å²) in [4.78, 5) is 25.6. The summed E-state index contributed by atoms with van der Waals surface area (Å²) in [5.41, 5.74) is 1.01. The van der Waals surface area contributed by atoms with Crippen LogP contribution in [-0.4, -0.2) is 52.1 Å². The first-order valence-electron chi connectivity index (χ1n) is 9.32. The van der Waals surface area contributed by atoms with E-state index in [1.54, 1.807) is 0 Å². The topological polar surface area (TPSA) is 75.4 Å². The minimum atomic E-state index is 0.116. The Hall–Kier alpha value is -2.44. The molecule has 0 saturated carbocycles. The molecule has 1 amide bonds. The number of aromatic nitrogens is 3. The fourth-order valence-corrected chi connectivity index (χ4v) is 3.31. The molecule has 1 atom stereocenters. The molecule has 3 heterocycles. The Morgan fingerprint density at radius 3 is 2.96 bits per heavy atom. The third-order valence-corrected chi connectivity index (χ3v) is 4.91. The Bertz CT molecular complexity index is 745. The minimum absolute atomic E-state index is 0.116. The van der Waals surface area contributed by atoms with E-state index in [0.29, 0.717) is 24.6 Å². The van der Waals surface area contributed by atoms with Gasteiger partial charge in [0, 0.05) is 51.1 Å². The molecule has 0 radical (unpaired) electrons. The predicted molar refractivity (Wildman–Crippen MR) is 99.0 cm³/mol. The van der Waals surface area contributed by atoms with E-state index in [1.807, 2.05) is 44.0 Å². The molecule has 7 heteroatoms. The maximum atomic E-state index is 12.6. The standard InChI is InChI=1S/C19H27N5O2/c1-4-16-21-18(26-22-16)10-11-19(25)23(3)15-8-6-12-24(13-15)17-9-5-7-14(2)20-17/h5,7,9,15H,4,6,8,10-13H2,1-3H3/t15-/m1/s1. The monoisotopic (exact) mass is 357 g/mol. The second kappa shape index (κ2) is 8.29. The van der Waals surface area contributed by atoms with Crippen molar-refractivity contribution in [1.82, 2.24) is 20.0 Å². The number of hydrogen-bond acceptors (Lipinski definition) is 6. The fourth-order valence-electron chi connectivity index (χ4n) is 3.31. The van der Waals surface area contributed by atoms with Crippen molar-refractivity contribution in [1.29, 1.82) is 0 Å². The minimum Gasteiger partial charge on any atom is -0.355 e. The molecule has 0 bridgehead atoms. The molecular formula is C19H27N5O2. The molecule has 3 rings (SSSR count). The van der Waals surface area contributed by atoms with E-state index in [4.69, 9.17) is 4.52 Å². The van der Waals surface area contributed by atoms with Gasteiger partial charge in [-0.3, -0.25) is 4.79 Å². The summed E-state index contributed by atoms with van der Waals surface area (Å²) in [7, 11) is 1.89. The molecule has 1 aliphatic rings. The number of carbonyl (C=O) groups excluding carboxylic acids is 1. The molecule has 0 aliphatic carbocycles. The van der Waals surface area contributed by atoms with Gasteiger partial charge in [-0.15, -0.1) is 0 Å². The largest absolute Gasteiger partial charge is 0.355 e. The zero-order valence-corrected chi connectivity index (χ0v) is 15.8. The number of piperidine rings is 1. The number of likely N-dealkylation sites (N-methyl/N-ethyl adjacent to an activating group) is 1. The normalized spacial score (nSPS) is 17.3. The number of carbonyl (C=O) groups is 1. The van der Waals surface area contributed by atoms with Crippen molar-refractivity contribution < 1.29 is 9.32 Å². The first-order chi connectivity index (χ1) is 12.6. The van der Waals surface area contributed by atoms with Crippen LogP contribution in [0.25, 0.3) is 0 Å². The number of pyridine rings is 1. The molecule has 7 nitrogen and oxygen atoms in total. The molecule has 0 N–H and O–H groups in total. The van der Waals surface area contributed by atoms with Crippen LogP contribution in [0.2, 0.25) is 0 Å². The van der Waals surface area contributed by atoms with Crippen LogP contribution in [0.3, 0.4) is 0 Å². The highest BCUT2D eigenvalue weighted by Gasteiger charge is 2.27. The molecule has 26 heavy (non-hydrogen) atoms. The average molecular weight is 357 g/mol. The lowest BCUT2D eigenvalue weighted by molar-refractivity contribution is -0.132. The molecule has 0 aromatic carbocycles. The van der Waals surface area contributed by atoms with E-state index in [1.165, 1.54) is 0 Å². The van der Waals surface area contributed by atoms with E-state index in [9.17, 15) is 4.79 Å². The van der Waals surface area contributed by atoms with Gasteiger partial charge in [-0.25, -0.2) is 4.98 Å². The zero-order chi connectivity index (χ0) is 18.5. The Balaban J connectivity index is 1.56. The smallest absolute Gasteiger partial charge is 0.227 e. The van der Waals surface area contributed by atoms with E-state index in [0.717, 1.165) is 43.9 Å². The summed E-state index contributed by atoms with van der Waals surface area (Å²) in [6, 6.07) is 6.28. The van der Waals surface area contributed by atoms with E-state index < -0.39 is 0 Å². The van der Waals surface area contributed by atoms with Crippen molar-refractivity contribution in [3.05, 3.63) is 35.6 Å². The van der Waals surface area contributed by atoms with Gasteiger partial charge in [0.25, 0.3) is 0 Å². The van der Waals surface area contributed by atoms with E-state index in [-0.39, 0.29) is 11.9 Å². The Kier molecular flexibility index (Phi) is 5.85. The summed E-state index contributed by atoms with van der Waals surface area (Å²) in [6.45, 7) is 5.78. The van der Waals surface area contributed by atoms with Crippen LogP contribution in [0.1, 0.15) is 43.6 Å². The quantitative estimate of drug-likeness (QED) is 0.790. The summed E-state index contributed by atoms with van der Waals surface area (Å²) < 4.78 is 5.17. The molecule has 0 unspecified atom stereocenters.